The minimum atomic E-state index is 0. The van der Waals surface area contributed by atoms with Crippen molar-refractivity contribution in [3.8, 4) is 17.2 Å². The van der Waals surface area contributed by atoms with E-state index in [9.17, 15) is 0 Å². The molecule has 0 radical (unpaired) electrons. The number of aryl methyl sites for hydroxylation is 1. The van der Waals surface area contributed by atoms with Gasteiger partial charge in [0.05, 0.1) is 12.1 Å². The zero-order valence-corrected chi connectivity index (χ0v) is 22.1. The van der Waals surface area contributed by atoms with Crippen LogP contribution in [-0.2, 0) is 6.54 Å². The molecule has 0 fully saturated rings. The Morgan fingerprint density at radius 2 is 1.77 bits per heavy atom. The summed E-state index contributed by atoms with van der Waals surface area (Å²) in [6, 6.07) is 15.7. The highest BCUT2D eigenvalue weighted by Gasteiger charge is 2.13. The summed E-state index contributed by atoms with van der Waals surface area (Å²) in [5.74, 6) is 3.07. The fourth-order valence-corrected chi connectivity index (χ4v) is 3.48. The van der Waals surface area contributed by atoms with Gasteiger partial charge in [-0.1, -0.05) is 26.8 Å². The first-order valence-electron chi connectivity index (χ1n) is 11.1. The van der Waals surface area contributed by atoms with Crippen LogP contribution in [0.15, 0.2) is 61.1 Å². The van der Waals surface area contributed by atoms with Crippen molar-refractivity contribution in [1.82, 2.24) is 14.5 Å². The van der Waals surface area contributed by atoms with Crippen LogP contribution in [0.3, 0.4) is 0 Å². The van der Waals surface area contributed by atoms with Crippen molar-refractivity contribution in [2.75, 3.05) is 18.5 Å². The second kappa shape index (κ2) is 12.1. The van der Waals surface area contributed by atoms with E-state index in [4.69, 9.17) is 15.2 Å². The van der Waals surface area contributed by atoms with Gasteiger partial charge in [-0.05, 0) is 54.3 Å². The molecule has 2 aromatic carbocycles. The van der Waals surface area contributed by atoms with Gasteiger partial charge < -0.3 is 25.1 Å². The lowest BCUT2D eigenvalue weighted by atomic mass is 9.99. The first kappa shape index (κ1) is 28.2. The van der Waals surface area contributed by atoms with E-state index >= 15 is 0 Å². The molecule has 3 N–H and O–H groups in total. The topological polar surface area (TPSA) is 87.2 Å². The molecule has 2 heterocycles. The van der Waals surface area contributed by atoms with Crippen molar-refractivity contribution in [2.24, 2.45) is 11.1 Å². The van der Waals surface area contributed by atoms with Crippen LogP contribution in [-0.4, -0.2) is 27.7 Å². The van der Waals surface area contributed by atoms with E-state index in [1.807, 2.05) is 61.7 Å². The van der Waals surface area contributed by atoms with Crippen LogP contribution in [0.2, 0.25) is 0 Å². The molecule has 0 atom stereocenters. The number of hydrogen-bond acceptors (Lipinski definition) is 6. The Morgan fingerprint density at radius 3 is 2.49 bits per heavy atom. The van der Waals surface area contributed by atoms with Crippen LogP contribution >= 0.6 is 24.8 Å². The highest BCUT2D eigenvalue weighted by molar-refractivity contribution is 5.88. The number of ether oxygens (including phenoxy) is 2. The fourth-order valence-electron chi connectivity index (χ4n) is 3.48. The van der Waals surface area contributed by atoms with Gasteiger partial charge in [0.1, 0.15) is 29.1 Å². The number of fused-ring (bicyclic) bond motifs is 1. The number of nitrogens with zero attached hydrogens (tertiary/aromatic N) is 3. The van der Waals surface area contributed by atoms with E-state index in [0.717, 1.165) is 45.4 Å². The third kappa shape index (κ3) is 7.24. The van der Waals surface area contributed by atoms with Crippen molar-refractivity contribution in [3.63, 3.8) is 0 Å². The third-order valence-corrected chi connectivity index (χ3v) is 5.06. The summed E-state index contributed by atoms with van der Waals surface area (Å²) in [4.78, 5) is 8.81. The maximum Gasteiger partial charge on any atom is 0.158 e. The maximum atomic E-state index is 6.14. The minimum Gasteiger partial charge on any atom is -0.493 e. The smallest absolute Gasteiger partial charge is 0.158 e. The molecule has 0 unspecified atom stereocenters. The summed E-state index contributed by atoms with van der Waals surface area (Å²) < 4.78 is 14.1. The van der Waals surface area contributed by atoms with Gasteiger partial charge in [-0.3, -0.25) is 0 Å². The lowest BCUT2D eigenvalue weighted by Gasteiger charge is -2.19. The van der Waals surface area contributed by atoms with E-state index in [1.165, 1.54) is 0 Å². The number of benzene rings is 2. The molecule has 4 aromatic rings. The van der Waals surface area contributed by atoms with Gasteiger partial charge in [0.25, 0.3) is 0 Å². The zero-order chi connectivity index (χ0) is 23.4. The normalized spacial score (nSPS) is 10.9. The first-order valence-corrected chi connectivity index (χ1v) is 11.1. The molecule has 0 aliphatic carbocycles. The molecule has 2 aromatic heterocycles. The van der Waals surface area contributed by atoms with Crippen LogP contribution in [0, 0.1) is 12.3 Å². The predicted molar refractivity (Wildman–Crippen MR) is 147 cm³/mol. The molecule has 0 aliphatic heterocycles. The largest absolute Gasteiger partial charge is 0.493 e. The SMILES string of the molecule is Cc1cc(Nc2ncnc3ccn(CCN)c23)ccc1Oc1cccc(OCC(C)(C)C)c1.Cl.Cl. The number of nitrogens with one attached hydrogen (secondary N) is 1. The zero-order valence-electron chi connectivity index (χ0n) is 20.4. The Labute approximate surface area is 218 Å². The average Bonchev–Trinajstić information content (AvgIpc) is 3.18. The van der Waals surface area contributed by atoms with Gasteiger partial charge in [0.2, 0.25) is 0 Å². The maximum absolute atomic E-state index is 6.14. The van der Waals surface area contributed by atoms with Crippen molar-refractivity contribution in [2.45, 2.75) is 34.2 Å². The van der Waals surface area contributed by atoms with Gasteiger partial charge >= 0.3 is 0 Å². The molecule has 0 saturated heterocycles. The summed E-state index contributed by atoms with van der Waals surface area (Å²) in [5.41, 5.74) is 9.59. The van der Waals surface area contributed by atoms with Crippen molar-refractivity contribution in [3.05, 3.63) is 66.6 Å². The molecule has 0 saturated carbocycles. The second-order valence-electron chi connectivity index (χ2n) is 9.29. The van der Waals surface area contributed by atoms with Crippen LogP contribution in [0.5, 0.6) is 17.2 Å². The Bertz CT molecular complexity index is 1250. The number of rotatable bonds is 8. The molecule has 188 valence electrons. The number of halogens is 2. The number of hydrogen-bond donors (Lipinski definition) is 2. The Kier molecular flexibility index (Phi) is 9.77. The van der Waals surface area contributed by atoms with Gasteiger partial charge in [-0.25, -0.2) is 9.97 Å². The summed E-state index contributed by atoms with van der Waals surface area (Å²) >= 11 is 0. The van der Waals surface area contributed by atoms with Crippen LogP contribution in [0.1, 0.15) is 26.3 Å². The lowest BCUT2D eigenvalue weighted by Crippen LogP contribution is -2.16. The van der Waals surface area contributed by atoms with Crippen molar-refractivity contribution >= 4 is 47.4 Å². The summed E-state index contributed by atoms with van der Waals surface area (Å²) in [5, 5.41) is 3.42. The van der Waals surface area contributed by atoms with E-state index < -0.39 is 0 Å². The number of aromatic nitrogens is 3. The molecule has 0 spiro atoms. The van der Waals surface area contributed by atoms with Gasteiger partial charge in [-0.2, -0.15) is 0 Å². The monoisotopic (exact) mass is 517 g/mol. The Hall–Kier alpha value is -3.00. The average molecular weight is 518 g/mol. The summed E-state index contributed by atoms with van der Waals surface area (Å²) in [6.07, 6.45) is 3.55. The predicted octanol–water partition coefficient (Wildman–Crippen LogP) is 6.50. The number of nitrogens with two attached hydrogens (primary N) is 1. The Balaban J connectivity index is 0.00000216. The molecular weight excluding hydrogens is 485 g/mol. The third-order valence-electron chi connectivity index (χ3n) is 5.06. The summed E-state index contributed by atoms with van der Waals surface area (Å²) in [6.45, 7) is 10.4. The fraction of sp³-hybridized carbons (Fsp3) is 0.308. The van der Waals surface area contributed by atoms with Gasteiger partial charge in [0.15, 0.2) is 5.82 Å². The molecule has 9 heteroatoms. The van der Waals surface area contributed by atoms with Crippen LogP contribution in [0.25, 0.3) is 11.0 Å². The molecule has 35 heavy (non-hydrogen) atoms. The minimum absolute atomic E-state index is 0. The highest BCUT2D eigenvalue weighted by Crippen LogP contribution is 2.31. The lowest BCUT2D eigenvalue weighted by molar-refractivity contribution is 0.197. The van der Waals surface area contributed by atoms with E-state index in [1.54, 1.807) is 6.33 Å². The van der Waals surface area contributed by atoms with Crippen LogP contribution < -0.4 is 20.5 Å². The standard InChI is InChI=1S/C26H31N5O2.2ClH/c1-18-14-19(30-25-24-22(28-17-29-25)10-12-31(24)13-11-27)8-9-23(18)33-21-7-5-6-20(15-21)32-16-26(2,3)4;;/h5-10,12,14-15,17H,11,13,16,27H2,1-4H3,(H,28,29,30);2*1H. The second-order valence-corrected chi connectivity index (χ2v) is 9.29. The van der Waals surface area contributed by atoms with Crippen molar-refractivity contribution in [1.29, 1.82) is 0 Å². The number of anilines is 2. The highest BCUT2D eigenvalue weighted by atomic mass is 35.5. The van der Waals surface area contributed by atoms with E-state index in [2.05, 4.69) is 40.6 Å². The van der Waals surface area contributed by atoms with E-state index in [0.29, 0.717) is 19.7 Å². The Morgan fingerprint density at radius 1 is 1.00 bits per heavy atom. The molecule has 0 amide bonds. The van der Waals surface area contributed by atoms with Gasteiger partial charge in [0, 0.05) is 31.0 Å². The first-order chi connectivity index (χ1) is 15.8. The molecular formula is C26H33Cl2N5O2. The van der Waals surface area contributed by atoms with Crippen molar-refractivity contribution < 1.29 is 9.47 Å². The quantitative estimate of drug-likeness (QED) is 0.277. The molecule has 7 nitrogen and oxygen atoms in total. The van der Waals surface area contributed by atoms with Crippen LogP contribution in [0.4, 0.5) is 11.5 Å². The molecule has 0 bridgehead atoms. The van der Waals surface area contributed by atoms with E-state index in [-0.39, 0.29) is 30.2 Å². The molecule has 4 rings (SSSR count). The van der Waals surface area contributed by atoms with Gasteiger partial charge in [-0.15, -0.1) is 24.8 Å². The summed E-state index contributed by atoms with van der Waals surface area (Å²) in [7, 11) is 0. The molecule has 0 aliphatic rings.